The van der Waals surface area contributed by atoms with Crippen LogP contribution in [0.25, 0.3) is 10.9 Å². The first-order valence-electron chi connectivity index (χ1n) is 9.54. The number of hydrogen-bond donors (Lipinski definition) is 1. The Bertz CT molecular complexity index is 1090. The maximum absolute atomic E-state index is 14.2. The summed E-state index contributed by atoms with van der Waals surface area (Å²) in [5.41, 5.74) is 8.03. The first kappa shape index (κ1) is 20.0. The lowest BCUT2D eigenvalue weighted by Gasteiger charge is -2.32. The van der Waals surface area contributed by atoms with E-state index in [1.165, 1.54) is 6.07 Å². The molecule has 150 valence electrons. The van der Waals surface area contributed by atoms with E-state index in [1.54, 1.807) is 12.1 Å². The number of rotatable bonds is 4. The van der Waals surface area contributed by atoms with Gasteiger partial charge in [-0.15, -0.1) is 0 Å². The normalized spacial score (nSPS) is 15.0. The molecule has 3 aromatic rings. The lowest BCUT2D eigenvalue weighted by atomic mass is 9.96. The van der Waals surface area contributed by atoms with Gasteiger partial charge in [-0.05, 0) is 37.1 Å². The fourth-order valence-electron chi connectivity index (χ4n) is 3.92. The van der Waals surface area contributed by atoms with Crippen molar-refractivity contribution in [3.63, 3.8) is 0 Å². The monoisotopic (exact) mass is 473 g/mol. The minimum Gasteiger partial charge on any atom is -0.369 e. The smallest absolute Gasteiger partial charge is 0.220 e. The second-order valence-electron chi connectivity index (χ2n) is 7.39. The van der Waals surface area contributed by atoms with E-state index in [1.807, 2.05) is 35.0 Å². The molecule has 0 unspecified atom stereocenters. The summed E-state index contributed by atoms with van der Waals surface area (Å²) < 4.78 is 17.2. The average Bonchev–Trinajstić information content (AvgIpc) is 3.06. The fourth-order valence-corrected chi connectivity index (χ4v) is 4.62. The molecule has 7 heteroatoms. The second kappa shape index (κ2) is 8.24. The zero-order chi connectivity index (χ0) is 20.5. The Balaban J connectivity index is 1.67. The largest absolute Gasteiger partial charge is 0.369 e. The van der Waals surface area contributed by atoms with E-state index in [0.717, 1.165) is 25.9 Å². The number of primary amides is 1. The van der Waals surface area contributed by atoms with Gasteiger partial charge >= 0.3 is 0 Å². The van der Waals surface area contributed by atoms with Gasteiger partial charge in [-0.2, -0.15) is 0 Å². The Morgan fingerprint density at radius 1 is 1.21 bits per heavy atom. The van der Waals surface area contributed by atoms with Gasteiger partial charge < -0.3 is 15.2 Å². The molecule has 0 aliphatic carbocycles. The van der Waals surface area contributed by atoms with Crippen LogP contribution in [-0.4, -0.2) is 33.5 Å². The number of likely N-dealkylation sites (tertiary alicyclic amines) is 1. The molecule has 1 aromatic heterocycles. The number of aromatic nitrogens is 1. The molecule has 1 amide bonds. The van der Waals surface area contributed by atoms with Crippen molar-refractivity contribution < 1.29 is 9.18 Å². The molecule has 0 spiro atoms. The van der Waals surface area contributed by atoms with Crippen molar-refractivity contribution in [2.45, 2.75) is 19.4 Å². The van der Waals surface area contributed by atoms with Gasteiger partial charge in [0.05, 0.1) is 6.54 Å². The zero-order valence-corrected chi connectivity index (χ0v) is 18.2. The third-order valence-corrected chi connectivity index (χ3v) is 6.53. The maximum atomic E-state index is 14.2. The van der Waals surface area contributed by atoms with Gasteiger partial charge in [0.2, 0.25) is 5.91 Å². The summed E-state index contributed by atoms with van der Waals surface area (Å²) >= 11 is 9.37. The Kier molecular flexibility index (Phi) is 5.69. The van der Waals surface area contributed by atoms with E-state index in [-0.39, 0.29) is 17.6 Å². The molecule has 0 saturated carbocycles. The Morgan fingerprint density at radius 3 is 2.62 bits per heavy atom. The number of fused-ring (bicyclic) bond motifs is 1. The van der Waals surface area contributed by atoms with Gasteiger partial charge in [-0.25, -0.2) is 4.39 Å². The van der Waals surface area contributed by atoms with Crippen molar-refractivity contribution in [3.05, 3.63) is 70.1 Å². The first-order chi connectivity index (χ1) is 13.9. The molecule has 0 radical (unpaired) electrons. The van der Waals surface area contributed by atoms with Crippen molar-refractivity contribution in [1.82, 2.24) is 9.47 Å². The Hall–Kier alpha value is -2.25. The molecule has 4 rings (SSSR count). The number of halogens is 2. The zero-order valence-electron chi connectivity index (χ0n) is 15.8. The molecule has 0 atom stereocenters. The highest BCUT2D eigenvalue weighted by atomic mass is 79.9. The molecular formula is C22H21BrFN3OS. The topological polar surface area (TPSA) is 51.3 Å². The number of benzene rings is 2. The standard InChI is InChI=1S/C22H21BrFN3OS/c23-16-5-6-20-17(11-16)18(13-27(20)12-15-3-1-2-4-19(15)24)22(29)26-9-7-14(8-10-26)21(25)28/h1-6,11,13-14H,7-10,12H2,(H2,25,28). The molecule has 2 N–H and O–H groups in total. The highest BCUT2D eigenvalue weighted by Gasteiger charge is 2.26. The van der Waals surface area contributed by atoms with Crippen molar-refractivity contribution >= 4 is 49.9 Å². The van der Waals surface area contributed by atoms with Crippen LogP contribution in [0, 0.1) is 11.7 Å². The summed E-state index contributed by atoms with van der Waals surface area (Å²) in [6.45, 7) is 1.85. The first-order valence-corrected chi connectivity index (χ1v) is 10.7. The molecule has 29 heavy (non-hydrogen) atoms. The average molecular weight is 474 g/mol. The number of hydrogen-bond acceptors (Lipinski definition) is 2. The van der Waals surface area contributed by atoms with Gasteiger partial charge in [0.1, 0.15) is 10.8 Å². The molecule has 1 fully saturated rings. The summed E-state index contributed by atoms with van der Waals surface area (Å²) in [4.78, 5) is 14.3. The summed E-state index contributed by atoms with van der Waals surface area (Å²) in [5.74, 6) is -0.532. The Labute approximate surface area is 182 Å². The van der Waals surface area contributed by atoms with Crippen LogP contribution >= 0.6 is 28.1 Å². The molecule has 0 bridgehead atoms. The van der Waals surface area contributed by atoms with Crippen molar-refractivity contribution in [2.75, 3.05) is 13.1 Å². The van der Waals surface area contributed by atoms with Gasteiger partial charge in [0.25, 0.3) is 0 Å². The lowest BCUT2D eigenvalue weighted by molar-refractivity contribution is -0.122. The Morgan fingerprint density at radius 2 is 1.93 bits per heavy atom. The molecule has 2 aromatic carbocycles. The van der Waals surface area contributed by atoms with Crippen LogP contribution in [-0.2, 0) is 11.3 Å². The minimum atomic E-state index is -0.235. The third-order valence-electron chi connectivity index (χ3n) is 5.56. The van der Waals surface area contributed by atoms with E-state index < -0.39 is 0 Å². The number of piperidine rings is 1. The predicted octanol–water partition coefficient (Wildman–Crippen LogP) is 4.46. The fraction of sp³-hybridized carbons (Fsp3) is 0.273. The number of amides is 1. The maximum Gasteiger partial charge on any atom is 0.220 e. The number of thiocarbonyl (C=S) groups is 1. The summed E-state index contributed by atoms with van der Waals surface area (Å²) in [6.07, 6.45) is 3.44. The molecule has 4 nitrogen and oxygen atoms in total. The second-order valence-corrected chi connectivity index (χ2v) is 8.69. The van der Waals surface area contributed by atoms with E-state index >= 15 is 0 Å². The molecule has 1 aliphatic heterocycles. The number of nitrogens with two attached hydrogens (primary N) is 1. The number of nitrogens with zero attached hydrogens (tertiary/aromatic N) is 2. The van der Waals surface area contributed by atoms with Gasteiger partial charge in [-0.3, -0.25) is 4.79 Å². The molecule has 1 saturated heterocycles. The van der Waals surface area contributed by atoms with Crippen LogP contribution in [0.1, 0.15) is 24.0 Å². The molecule has 1 aliphatic rings. The third kappa shape index (κ3) is 4.07. The van der Waals surface area contributed by atoms with Gasteiger partial charge in [-0.1, -0.05) is 46.3 Å². The molecule has 2 heterocycles. The van der Waals surface area contributed by atoms with Crippen LogP contribution in [0.2, 0.25) is 0 Å². The van der Waals surface area contributed by atoms with Crippen LogP contribution in [0.5, 0.6) is 0 Å². The minimum absolute atomic E-state index is 0.0782. The van der Waals surface area contributed by atoms with Crippen LogP contribution < -0.4 is 5.73 Å². The highest BCUT2D eigenvalue weighted by molar-refractivity contribution is 9.10. The van der Waals surface area contributed by atoms with Crippen LogP contribution in [0.4, 0.5) is 4.39 Å². The van der Waals surface area contributed by atoms with Crippen molar-refractivity contribution in [3.8, 4) is 0 Å². The lowest BCUT2D eigenvalue weighted by Crippen LogP contribution is -2.41. The van der Waals surface area contributed by atoms with Gasteiger partial charge in [0, 0.05) is 51.7 Å². The summed E-state index contributed by atoms with van der Waals surface area (Å²) in [6, 6.07) is 12.9. The van der Waals surface area contributed by atoms with Crippen LogP contribution in [0.15, 0.2) is 53.1 Å². The van der Waals surface area contributed by atoms with Gasteiger partial charge in [0.15, 0.2) is 0 Å². The quantitative estimate of drug-likeness (QED) is 0.568. The highest BCUT2D eigenvalue weighted by Crippen LogP contribution is 2.29. The van der Waals surface area contributed by atoms with E-state index in [0.29, 0.717) is 38.0 Å². The van der Waals surface area contributed by atoms with Crippen LogP contribution in [0.3, 0.4) is 0 Å². The summed E-state index contributed by atoms with van der Waals surface area (Å²) in [5, 5.41) is 1.03. The molecular weight excluding hydrogens is 453 g/mol. The van der Waals surface area contributed by atoms with E-state index in [2.05, 4.69) is 20.8 Å². The van der Waals surface area contributed by atoms with E-state index in [9.17, 15) is 9.18 Å². The predicted molar refractivity (Wildman–Crippen MR) is 120 cm³/mol. The number of carbonyl (C=O) groups excluding carboxylic acids is 1. The summed E-state index contributed by atoms with van der Waals surface area (Å²) in [7, 11) is 0. The van der Waals surface area contributed by atoms with Crippen molar-refractivity contribution in [1.29, 1.82) is 0 Å². The van der Waals surface area contributed by atoms with E-state index in [4.69, 9.17) is 18.0 Å². The SMILES string of the molecule is NC(=O)C1CCN(C(=S)c2cn(Cc3ccccc3F)c3ccc(Br)cc23)CC1. The van der Waals surface area contributed by atoms with Crippen molar-refractivity contribution in [2.24, 2.45) is 11.7 Å². The number of carbonyl (C=O) groups is 1.